The topological polar surface area (TPSA) is 86.5 Å². The molecule has 1 rings (SSSR count). The number of hydrogen-bond acceptors (Lipinski definition) is 4. The van der Waals surface area contributed by atoms with E-state index >= 15 is 0 Å². The molecule has 0 aliphatic carbocycles. The molecular formula is C9H8Cl3NO4S. The van der Waals surface area contributed by atoms with Gasteiger partial charge in [0, 0.05) is 10.7 Å². The minimum absolute atomic E-state index is 0.0389. The van der Waals surface area contributed by atoms with Gasteiger partial charge in [-0.05, 0) is 19.1 Å². The van der Waals surface area contributed by atoms with Crippen LogP contribution < -0.4 is 10.5 Å². The van der Waals surface area contributed by atoms with Crippen molar-refractivity contribution in [2.45, 2.75) is 17.9 Å². The predicted molar refractivity (Wildman–Crippen MR) is 68.8 cm³/mol. The fraction of sp³-hybridized carbons (Fsp3) is 0.222. The first kappa shape index (κ1) is 15.4. The lowest BCUT2D eigenvalue weighted by molar-refractivity contribution is -0.123. The zero-order valence-corrected chi connectivity index (χ0v) is 12.1. The lowest BCUT2D eigenvalue weighted by Gasteiger charge is -2.14. The van der Waals surface area contributed by atoms with Gasteiger partial charge in [-0.25, -0.2) is 8.42 Å². The second-order valence-electron chi connectivity index (χ2n) is 3.29. The number of nitrogens with two attached hydrogens (primary N) is 1. The molecule has 100 valence electrons. The normalized spacial score (nSPS) is 13.1. The third-order valence-corrected chi connectivity index (χ3v) is 4.32. The first-order valence-electron chi connectivity index (χ1n) is 4.53. The summed E-state index contributed by atoms with van der Waals surface area (Å²) in [5.41, 5.74) is 5.01. The van der Waals surface area contributed by atoms with Crippen LogP contribution in [0.3, 0.4) is 0 Å². The molecule has 0 saturated heterocycles. The fourth-order valence-corrected chi connectivity index (χ4v) is 2.82. The van der Waals surface area contributed by atoms with Crippen LogP contribution in [0.25, 0.3) is 0 Å². The highest BCUT2D eigenvalue weighted by Gasteiger charge is 2.21. The smallest absolute Gasteiger partial charge is 0.262 e. The summed E-state index contributed by atoms with van der Waals surface area (Å²) in [6, 6.07) is 2.36. The summed E-state index contributed by atoms with van der Waals surface area (Å²) in [5, 5.41) is -0.438. The van der Waals surface area contributed by atoms with Gasteiger partial charge in [-0.1, -0.05) is 23.2 Å². The Morgan fingerprint density at radius 3 is 2.33 bits per heavy atom. The van der Waals surface area contributed by atoms with E-state index in [1.807, 2.05) is 0 Å². The first-order valence-corrected chi connectivity index (χ1v) is 7.59. The second-order valence-corrected chi connectivity index (χ2v) is 6.58. The van der Waals surface area contributed by atoms with E-state index in [1.54, 1.807) is 0 Å². The lowest BCUT2D eigenvalue weighted by atomic mass is 10.3. The van der Waals surface area contributed by atoms with Crippen LogP contribution in [0.4, 0.5) is 0 Å². The fourth-order valence-electron chi connectivity index (χ4n) is 1.04. The van der Waals surface area contributed by atoms with Crippen molar-refractivity contribution >= 4 is 48.8 Å². The van der Waals surface area contributed by atoms with E-state index in [4.69, 9.17) is 44.4 Å². The molecule has 0 heterocycles. The molecule has 0 fully saturated rings. The largest absolute Gasteiger partial charge is 0.479 e. The third kappa shape index (κ3) is 3.41. The number of ether oxygens (including phenoxy) is 1. The van der Waals surface area contributed by atoms with Gasteiger partial charge in [-0.2, -0.15) is 0 Å². The molecule has 0 radical (unpaired) electrons. The summed E-state index contributed by atoms with van der Waals surface area (Å²) in [6.45, 7) is 1.42. The molecule has 0 aromatic heterocycles. The molecule has 0 saturated carbocycles. The van der Waals surface area contributed by atoms with Gasteiger partial charge in [0.25, 0.3) is 15.0 Å². The number of carbonyl (C=O) groups excluding carboxylic acids is 1. The molecule has 0 aliphatic heterocycles. The number of rotatable bonds is 4. The molecule has 0 aliphatic rings. The number of halogens is 3. The summed E-state index contributed by atoms with van der Waals surface area (Å²) in [4.78, 5) is 10.5. The second kappa shape index (κ2) is 5.52. The van der Waals surface area contributed by atoms with E-state index in [1.165, 1.54) is 13.0 Å². The highest BCUT2D eigenvalue weighted by molar-refractivity contribution is 8.13. The minimum Gasteiger partial charge on any atom is -0.479 e. The molecule has 1 atom stereocenters. The molecule has 1 aromatic carbocycles. The summed E-state index contributed by atoms with van der Waals surface area (Å²) >= 11 is 11.6. The molecule has 2 N–H and O–H groups in total. The Bertz CT molecular complexity index is 588. The van der Waals surface area contributed by atoms with Crippen molar-refractivity contribution in [3.63, 3.8) is 0 Å². The number of primary amides is 1. The molecule has 9 heteroatoms. The van der Waals surface area contributed by atoms with Gasteiger partial charge in [-0.3, -0.25) is 4.79 Å². The summed E-state index contributed by atoms with van der Waals surface area (Å²) in [7, 11) is 1.15. The highest BCUT2D eigenvalue weighted by Crippen LogP contribution is 2.38. The van der Waals surface area contributed by atoms with Crippen LogP contribution in [0, 0.1) is 0 Å². The molecule has 1 unspecified atom stereocenters. The van der Waals surface area contributed by atoms with Crippen molar-refractivity contribution in [1.29, 1.82) is 0 Å². The lowest BCUT2D eigenvalue weighted by Crippen LogP contribution is -2.30. The van der Waals surface area contributed by atoms with Crippen LogP contribution in [0.15, 0.2) is 17.0 Å². The quantitative estimate of drug-likeness (QED) is 0.856. The number of amides is 1. The van der Waals surface area contributed by atoms with E-state index in [2.05, 4.69) is 0 Å². The van der Waals surface area contributed by atoms with Gasteiger partial charge < -0.3 is 10.5 Å². The van der Waals surface area contributed by atoms with Crippen LogP contribution in [0.1, 0.15) is 6.92 Å². The van der Waals surface area contributed by atoms with Gasteiger partial charge in [0.1, 0.15) is 15.7 Å². The van der Waals surface area contributed by atoms with Gasteiger partial charge >= 0.3 is 0 Å². The van der Waals surface area contributed by atoms with Gasteiger partial charge in [-0.15, -0.1) is 0 Å². The predicted octanol–water partition coefficient (Wildman–Crippen LogP) is 2.17. The average molecular weight is 333 g/mol. The molecular weight excluding hydrogens is 325 g/mol. The van der Waals surface area contributed by atoms with Crippen LogP contribution in [-0.4, -0.2) is 20.4 Å². The monoisotopic (exact) mass is 331 g/mol. The third-order valence-electron chi connectivity index (χ3n) is 1.98. The summed E-state index contributed by atoms with van der Waals surface area (Å²) < 4.78 is 27.4. The summed E-state index contributed by atoms with van der Waals surface area (Å²) in [5.74, 6) is -0.659. The van der Waals surface area contributed by atoms with Crippen LogP contribution in [0.5, 0.6) is 5.75 Å². The maximum atomic E-state index is 11.2. The van der Waals surface area contributed by atoms with Crippen LogP contribution in [-0.2, 0) is 13.8 Å². The first-order chi connectivity index (χ1) is 8.14. The van der Waals surface area contributed by atoms with Crippen molar-refractivity contribution in [1.82, 2.24) is 0 Å². The van der Waals surface area contributed by atoms with E-state index in [9.17, 15) is 13.2 Å². The van der Waals surface area contributed by atoms with Gasteiger partial charge in [0.15, 0.2) is 6.10 Å². The van der Waals surface area contributed by atoms with Crippen LogP contribution >= 0.6 is 33.9 Å². The molecule has 1 aromatic rings. The molecule has 0 bridgehead atoms. The van der Waals surface area contributed by atoms with E-state index in [0.717, 1.165) is 6.07 Å². The molecule has 18 heavy (non-hydrogen) atoms. The van der Waals surface area contributed by atoms with Crippen molar-refractivity contribution in [3.05, 3.63) is 22.2 Å². The number of carbonyl (C=O) groups is 1. The highest BCUT2D eigenvalue weighted by atomic mass is 35.7. The average Bonchev–Trinajstić information content (AvgIpc) is 2.22. The Morgan fingerprint density at radius 2 is 1.89 bits per heavy atom. The van der Waals surface area contributed by atoms with Crippen molar-refractivity contribution in [2.24, 2.45) is 5.73 Å². The Kier molecular flexibility index (Phi) is 4.72. The van der Waals surface area contributed by atoms with Gasteiger partial charge in [0.05, 0.1) is 5.02 Å². The maximum Gasteiger partial charge on any atom is 0.262 e. The Labute approximate surface area is 118 Å². The number of benzene rings is 1. The van der Waals surface area contributed by atoms with E-state index in [-0.39, 0.29) is 20.7 Å². The molecule has 5 nitrogen and oxygen atoms in total. The van der Waals surface area contributed by atoms with E-state index < -0.39 is 21.1 Å². The van der Waals surface area contributed by atoms with Crippen molar-refractivity contribution in [3.8, 4) is 5.75 Å². The Hall–Kier alpha value is -0.690. The standard InChI is InChI=1S/C9H8Cl3NO4S/c1-4(9(13)14)17-5-2-3-6(18(12,15)16)8(11)7(5)10/h2-4H,1H3,(H2,13,14). The van der Waals surface area contributed by atoms with Crippen molar-refractivity contribution < 1.29 is 17.9 Å². The Balaban J connectivity index is 3.21. The summed E-state index contributed by atoms with van der Waals surface area (Å²) in [6.07, 6.45) is -0.933. The molecule has 0 spiro atoms. The van der Waals surface area contributed by atoms with E-state index in [0.29, 0.717) is 0 Å². The van der Waals surface area contributed by atoms with Crippen molar-refractivity contribution in [2.75, 3.05) is 0 Å². The zero-order valence-electron chi connectivity index (χ0n) is 8.98. The zero-order chi connectivity index (χ0) is 14.1. The minimum atomic E-state index is -4.01. The molecule has 1 amide bonds. The Morgan fingerprint density at radius 1 is 1.33 bits per heavy atom. The number of hydrogen-bond donors (Lipinski definition) is 1. The van der Waals surface area contributed by atoms with Crippen LogP contribution in [0.2, 0.25) is 10.0 Å². The SMILES string of the molecule is CC(Oc1ccc(S(=O)(=O)Cl)c(Cl)c1Cl)C(N)=O. The maximum absolute atomic E-state index is 11.2. The van der Waals surface area contributed by atoms with Gasteiger partial charge in [0.2, 0.25) is 0 Å².